The van der Waals surface area contributed by atoms with E-state index < -0.39 is 0 Å². The Bertz CT molecular complexity index is 859. The number of benzene rings is 2. The van der Waals surface area contributed by atoms with Crippen LogP contribution in [0, 0.1) is 0 Å². The van der Waals surface area contributed by atoms with Crippen molar-refractivity contribution >= 4 is 11.9 Å². The van der Waals surface area contributed by atoms with Crippen molar-refractivity contribution < 1.29 is 9.84 Å². The molecule has 2 rings (SSSR count). The topological polar surface area (TPSA) is 41.8 Å². The Labute approximate surface area is 234 Å². The van der Waals surface area contributed by atoms with Crippen molar-refractivity contribution in [1.29, 1.82) is 0 Å². The first-order chi connectivity index (χ1) is 18.7. The van der Waals surface area contributed by atoms with Crippen LogP contribution in [0.4, 0.5) is 5.69 Å². The summed E-state index contributed by atoms with van der Waals surface area (Å²) in [6.07, 6.45) is 27.0. The van der Waals surface area contributed by atoms with E-state index in [9.17, 15) is 5.11 Å². The second-order valence-corrected chi connectivity index (χ2v) is 10.9. The number of unbranched alkanes of at least 4 members (excludes halogenated alkanes) is 16. The maximum absolute atomic E-state index is 10.3. The highest BCUT2D eigenvalue weighted by atomic mass is 16.5. The average Bonchev–Trinajstić information content (AvgIpc) is 2.94. The van der Waals surface area contributed by atoms with Crippen molar-refractivity contribution in [3.05, 3.63) is 53.6 Å². The zero-order valence-electron chi connectivity index (χ0n) is 24.6. The molecule has 3 nitrogen and oxygen atoms in total. The first-order valence-corrected chi connectivity index (χ1v) is 15.8. The molecule has 0 amide bonds. The summed E-state index contributed by atoms with van der Waals surface area (Å²) in [4.78, 5) is 4.57. The molecule has 0 spiro atoms. The molecule has 0 aliphatic heterocycles. The van der Waals surface area contributed by atoms with Gasteiger partial charge in [0, 0.05) is 11.8 Å². The van der Waals surface area contributed by atoms with Gasteiger partial charge in [-0.2, -0.15) is 0 Å². The van der Waals surface area contributed by atoms with Gasteiger partial charge in [-0.3, -0.25) is 4.99 Å². The molecule has 0 aliphatic carbocycles. The molecule has 0 atom stereocenters. The van der Waals surface area contributed by atoms with E-state index in [1.54, 1.807) is 12.3 Å². The summed E-state index contributed by atoms with van der Waals surface area (Å²) in [5, 5.41) is 10.3. The van der Waals surface area contributed by atoms with Gasteiger partial charge in [0.1, 0.15) is 11.5 Å². The number of aliphatic imine (C=N–C) groups is 1. The molecular formula is C35H55NO2. The lowest BCUT2D eigenvalue weighted by Gasteiger charge is -2.08. The van der Waals surface area contributed by atoms with E-state index >= 15 is 0 Å². The van der Waals surface area contributed by atoms with Crippen LogP contribution in [0.3, 0.4) is 0 Å². The highest BCUT2D eigenvalue weighted by Crippen LogP contribution is 2.23. The Kier molecular flexibility index (Phi) is 18.2. The SMILES string of the molecule is CCCCCCCCCCCCCCCCOc1ccc(O)c(C=Nc2ccc(CCCCCC)cc2)c1. The highest BCUT2D eigenvalue weighted by Gasteiger charge is 2.03. The molecule has 3 heteroatoms. The Hall–Kier alpha value is -2.29. The van der Waals surface area contributed by atoms with Crippen LogP contribution in [-0.4, -0.2) is 17.9 Å². The van der Waals surface area contributed by atoms with Crippen molar-refractivity contribution in [2.45, 2.75) is 136 Å². The van der Waals surface area contributed by atoms with Gasteiger partial charge in [-0.1, -0.05) is 129 Å². The fourth-order valence-corrected chi connectivity index (χ4v) is 4.86. The van der Waals surface area contributed by atoms with Crippen molar-refractivity contribution in [1.82, 2.24) is 0 Å². The summed E-state index contributed by atoms with van der Waals surface area (Å²) in [5.74, 6) is 1.02. The number of phenols is 1. The lowest BCUT2D eigenvalue weighted by molar-refractivity contribution is 0.303. The van der Waals surface area contributed by atoms with Crippen molar-refractivity contribution in [2.24, 2.45) is 4.99 Å². The number of aryl methyl sites for hydroxylation is 1. The molecule has 1 N–H and O–H groups in total. The van der Waals surface area contributed by atoms with E-state index in [2.05, 4.69) is 43.1 Å². The summed E-state index contributed by atoms with van der Waals surface area (Å²) in [6, 6.07) is 13.8. The van der Waals surface area contributed by atoms with Crippen molar-refractivity contribution in [2.75, 3.05) is 6.61 Å². The molecule has 0 heterocycles. The predicted molar refractivity (Wildman–Crippen MR) is 165 cm³/mol. The second kappa shape index (κ2) is 21.6. The minimum atomic E-state index is 0.227. The van der Waals surface area contributed by atoms with Crippen LogP contribution in [0.2, 0.25) is 0 Å². The maximum Gasteiger partial charge on any atom is 0.124 e. The Morgan fingerprint density at radius 1 is 0.632 bits per heavy atom. The molecule has 0 unspecified atom stereocenters. The summed E-state index contributed by atoms with van der Waals surface area (Å²) in [7, 11) is 0. The molecule has 38 heavy (non-hydrogen) atoms. The van der Waals surface area contributed by atoms with Gasteiger partial charge >= 0.3 is 0 Å². The molecule has 2 aromatic rings. The molecule has 0 saturated carbocycles. The minimum Gasteiger partial charge on any atom is -0.507 e. The van der Waals surface area contributed by atoms with Crippen molar-refractivity contribution in [3.8, 4) is 11.5 Å². The first kappa shape index (κ1) is 31.9. The number of rotatable bonds is 23. The zero-order chi connectivity index (χ0) is 27.1. The third kappa shape index (κ3) is 15.2. The number of ether oxygens (including phenoxy) is 1. The predicted octanol–water partition coefficient (Wildman–Crippen LogP) is 11.1. The van der Waals surface area contributed by atoms with Crippen LogP contribution in [0.25, 0.3) is 0 Å². The Balaban J connectivity index is 1.57. The van der Waals surface area contributed by atoms with Crippen LogP contribution in [0.1, 0.15) is 141 Å². The number of phenolic OH excluding ortho intramolecular Hbond substituents is 1. The summed E-state index contributed by atoms with van der Waals surface area (Å²) in [6.45, 7) is 5.25. The lowest BCUT2D eigenvalue weighted by atomic mass is 10.0. The molecule has 2 aromatic carbocycles. The Morgan fingerprint density at radius 2 is 1.16 bits per heavy atom. The van der Waals surface area contributed by atoms with Gasteiger partial charge < -0.3 is 9.84 Å². The van der Waals surface area contributed by atoms with Crippen LogP contribution >= 0.6 is 0 Å². The monoisotopic (exact) mass is 521 g/mol. The molecule has 212 valence electrons. The number of nitrogens with zero attached hydrogens (tertiary/aromatic N) is 1. The Morgan fingerprint density at radius 3 is 1.74 bits per heavy atom. The molecular weight excluding hydrogens is 466 g/mol. The molecule has 0 aliphatic rings. The molecule has 0 radical (unpaired) electrons. The largest absolute Gasteiger partial charge is 0.507 e. The molecule has 0 aromatic heterocycles. The van der Waals surface area contributed by atoms with Gasteiger partial charge in [0.05, 0.1) is 12.3 Å². The zero-order valence-corrected chi connectivity index (χ0v) is 24.6. The fourth-order valence-electron chi connectivity index (χ4n) is 4.86. The van der Waals surface area contributed by atoms with E-state index in [0.29, 0.717) is 5.56 Å². The summed E-state index contributed by atoms with van der Waals surface area (Å²) in [5.41, 5.74) is 2.95. The van der Waals surface area contributed by atoms with Gasteiger partial charge in [-0.15, -0.1) is 0 Å². The average molecular weight is 522 g/mol. The van der Waals surface area contributed by atoms with E-state index in [4.69, 9.17) is 4.74 Å². The van der Waals surface area contributed by atoms with Gasteiger partial charge in [-0.05, 0) is 55.2 Å². The smallest absolute Gasteiger partial charge is 0.124 e. The normalized spacial score (nSPS) is 11.4. The third-order valence-electron chi connectivity index (χ3n) is 7.37. The standard InChI is InChI=1S/C35H55NO2/c1-3-5-7-9-10-11-12-13-14-15-16-17-18-20-28-38-34-26-27-35(37)32(29-34)30-36-33-24-22-31(23-25-33)21-19-8-6-4-2/h22-27,29-30,37H,3-21,28H2,1-2H3. The van der Waals surface area contributed by atoms with Gasteiger partial charge in [0.15, 0.2) is 0 Å². The van der Waals surface area contributed by atoms with E-state index in [-0.39, 0.29) is 5.75 Å². The maximum atomic E-state index is 10.3. The van der Waals surface area contributed by atoms with E-state index in [1.165, 1.54) is 115 Å². The van der Waals surface area contributed by atoms with Crippen LogP contribution in [0.15, 0.2) is 47.5 Å². The lowest BCUT2D eigenvalue weighted by Crippen LogP contribution is -1.98. The first-order valence-electron chi connectivity index (χ1n) is 15.8. The highest BCUT2D eigenvalue weighted by molar-refractivity contribution is 5.85. The van der Waals surface area contributed by atoms with Crippen molar-refractivity contribution in [3.63, 3.8) is 0 Å². The van der Waals surface area contributed by atoms with Gasteiger partial charge in [0.2, 0.25) is 0 Å². The quantitative estimate of drug-likeness (QED) is 0.117. The van der Waals surface area contributed by atoms with Crippen LogP contribution < -0.4 is 4.74 Å². The minimum absolute atomic E-state index is 0.227. The second-order valence-electron chi connectivity index (χ2n) is 10.9. The van der Waals surface area contributed by atoms with Crippen LogP contribution in [-0.2, 0) is 6.42 Å². The molecule has 0 saturated heterocycles. The molecule has 0 bridgehead atoms. The van der Waals surface area contributed by atoms with Gasteiger partial charge in [-0.25, -0.2) is 0 Å². The van der Waals surface area contributed by atoms with E-state index in [1.807, 2.05) is 12.1 Å². The third-order valence-corrected chi connectivity index (χ3v) is 7.37. The van der Waals surface area contributed by atoms with E-state index in [0.717, 1.165) is 30.9 Å². The van der Waals surface area contributed by atoms with Gasteiger partial charge in [0.25, 0.3) is 0 Å². The number of hydrogen-bond donors (Lipinski definition) is 1. The summed E-state index contributed by atoms with van der Waals surface area (Å²) < 4.78 is 5.96. The van der Waals surface area contributed by atoms with Crippen LogP contribution in [0.5, 0.6) is 11.5 Å². The fraction of sp³-hybridized carbons (Fsp3) is 0.629. The molecule has 0 fully saturated rings. The summed E-state index contributed by atoms with van der Waals surface area (Å²) >= 11 is 0. The number of hydrogen-bond acceptors (Lipinski definition) is 3. The number of aromatic hydroxyl groups is 1.